The van der Waals surface area contributed by atoms with E-state index >= 15 is 0 Å². The van der Waals surface area contributed by atoms with E-state index in [1.165, 1.54) is 0 Å². The minimum Gasteiger partial charge on any atom is -0.395 e. The molecule has 0 aliphatic rings. The van der Waals surface area contributed by atoms with Gasteiger partial charge in [0.25, 0.3) is 0 Å². The Labute approximate surface area is 69.5 Å². The minimum atomic E-state index is -1.71. The van der Waals surface area contributed by atoms with Gasteiger partial charge in [0.1, 0.15) is 6.10 Å². The number of amides is 1. The highest BCUT2D eigenvalue weighted by atomic mass is 16.5. The van der Waals surface area contributed by atoms with Gasteiger partial charge >= 0.3 is 0 Å². The molecule has 6 heteroatoms. The second-order valence-corrected chi connectivity index (χ2v) is 2.25. The van der Waals surface area contributed by atoms with Crippen molar-refractivity contribution in [3.8, 4) is 0 Å². The Morgan fingerprint density at radius 2 is 1.92 bits per heavy atom. The first kappa shape index (κ1) is 11.3. The number of hydrogen-bond donors (Lipinski definition) is 5. The molecular weight excluding hydrogens is 166 g/mol. The van der Waals surface area contributed by atoms with Crippen molar-refractivity contribution in [3.63, 3.8) is 0 Å². The third-order valence-electron chi connectivity index (χ3n) is 1.15. The predicted molar refractivity (Wildman–Crippen MR) is 38.9 cm³/mol. The van der Waals surface area contributed by atoms with Crippen molar-refractivity contribution in [2.45, 2.75) is 18.8 Å². The maximum Gasteiger partial charge on any atom is 0.249 e. The second kappa shape index (κ2) is 5.90. The summed E-state index contributed by atoms with van der Waals surface area (Å²) in [5, 5.41) is 36.1. The highest BCUT2D eigenvalue weighted by Gasteiger charge is 2.16. The fourth-order valence-electron chi connectivity index (χ4n) is 0.604. The van der Waals surface area contributed by atoms with E-state index in [1.807, 2.05) is 0 Å². The smallest absolute Gasteiger partial charge is 0.249 e. The van der Waals surface area contributed by atoms with Crippen molar-refractivity contribution in [1.29, 1.82) is 0 Å². The second-order valence-electron chi connectivity index (χ2n) is 2.25. The van der Waals surface area contributed by atoms with E-state index in [4.69, 9.17) is 20.4 Å². The van der Waals surface area contributed by atoms with Gasteiger partial charge in [-0.1, -0.05) is 0 Å². The van der Waals surface area contributed by atoms with E-state index in [0.717, 1.165) is 0 Å². The third-order valence-corrected chi connectivity index (χ3v) is 1.15. The lowest BCUT2D eigenvalue weighted by molar-refractivity contribution is -0.136. The SMILES string of the molecule is O=C(NCCO)C(O)CC(O)O. The summed E-state index contributed by atoms with van der Waals surface area (Å²) in [4.78, 5) is 10.7. The topological polar surface area (TPSA) is 110 Å². The van der Waals surface area contributed by atoms with Gasteiger partial charge in [0.05, 0.1) is 6.61 Å². The van der Waals surface area contributed by atoms with Crippen molar-refractivity contribution in [1.82, 2.24) is 5.32 Å². The number of aliphatic hydroxyl groups is 4. The Bertz CT molecular complexity index is 138. The maximum absolute atomic E-state index is 10.7. The zero-order valence-corrected chi connectivity index (χ0v) is 6.47. The number of hydrogen-bond acceptors (Lipinski definition) is 5. The van der Waals surface area contributed by atoms with Crippen molar-refractivity contribution in [3.05, 3.63) is 0 Å². The molecule has 5 N–H and O–H groups in total. The summed E-state index contributed by atoms with van der Waals surface area (Å²) < 4.78 is 0. The van der Waals surface area contributed by atoms with Crippen molar-refractivity contribution >= 4 is 5.91 Å². The van der Waals surface area contributed by atoms with Crippen LogP contribution in [-0.4, -0.2) is 51.9 Å². The zero-order valence-electron chi connectivity index (χ0n) is 6.47. The summed E-state index contributed by atoms with van der Waals surface area (Å²) in [6, 6.07) is 0. The van der Waals surface area contributed by atoms with Crippen LogP contribution in [0, 0.1) is 0 Å². The monoisotopic (exact) mass is 179 g/mol. The largest absolute Gasteiger partial charge is 0.395 e. The molecule has 0 aliphatic carbocycles. The van der Waals surface area contributed by atoms with Gasteiger partial charge in [-0.2, -0.15) is 0 Å². The van der Waals surface area contributed by atoms with E-state index in [0.29, 0.717) is 0 Å². The Morgan fingerprint density at radius 3 is 2.33 bits per heavy atom. The number of rotatable bonds is 5. The molecule has 0 radical (unpaired) electrons. The van der Waals surface area contributed by atoms with E-state index in [1.54, 1.807) is 0 Å². The normalized spacial score (nSPS) is 13.1. The van der Waals surface area contributed by atoms with E-state index in [2.05, 4.69) is 5.32 Å². The molecule has 1 atom stereocenters. The number of carbonyl (C=O) groups excluding carboxylic acids is 1. The standard InChI is InChI=1S/C6H13NO5/c8-2-1-7-6(12)4(9)3-5(10)11/h4-5,8-11H,1-3H2,(H,7,12). The molecule has 72 valence electrons. The molecule has 0 rings (SSSR count). The van der Waals surface area contributed by atoms with Crippen molar-refractivity contribution in [2.24, 2.45) is 0 Å². The molecule has 0 saturated heterocycles. The fraction of sp³-hybridized carbons (Fsp3) is 0.833. The van der Waals surface area contributed by atoms with Gasteiger partial charge in [-0.15, -0.1) is 0 Å². The molecule has 0 saturated carbocycles. The van der Waals surface area contributed by atoms with Crippen LogP contribution in [-0.2, 0) is 4.79 Å². The van der Waals surface area contributed by atoms with Crippen LogP contribution in [0.1, 0.15) is 6.42 Å². The Kier molecular flexibility index (Phi) is 5.56. The lowest BCUT2D eigenvalue weighted by Gasteiger charge is -2.11. The summed E-state index contributed by atoms with van der Waals surface area (Å²) in [7, 11) is 0. The van der Waals surface area contributed by atoms with Crippen LogP contribution in [0.15, 0.2) is 0 Å². The molecule has 1 unspecified atom stereocenters. The van der Waals surface area contributed by atoms with Gasteiger partial charge in [0.2, 0.25) is 5.91 Å². The minimum absolute atomic E-state index is 0.0391. The van der Waals surface area contributed by atoms with Crippen LogP contribution in [0.4, 0.5) is 0 Å². The van der Waals surface area contributed by atoms with E-state index in [9.17, 15) is 4.79 Å². The maximum atomic E-state index is 10.7. The molecule has 0 aromatic carbocycles. The number of nitrogens with one attached hydrogen (secondary N) is 1. The Hall–Kier alpha value is -0.690. The lowest BCUT2D eigenvalue weighted by atomic mass is 10.2. The molecule has 0 heterocycles. The quantitative estimate of drug-likeness (QED) is 0.292. The van der Waals surface area contributed by atoms with Crippen molar-refractivity contribution in [2.75, 3.05) is 13.2 Å². The molecule has 0 aromatic heterocycles. The summed E-state index contributed by atoms with van der Waals surface area (Å²) >= 11 is 0. The molecule has 0 aliphatic heterocycles. The first-order valence-electron chi connectivity index (χ1n) is 3.50. The summed E-state index contributed by atoms with van der Waals surface area (Å²) in [5.74, 6) is -0.725. The van der Waals surface area contributed by atoms with Gasteiger partial charge in [0.15, 0.2) is 6.29 Å². The van der Waals surface area contributed by atoms with E-state index in [-0.39, 0.29) is 13.2 Å². The average Bonchev–Trinajstić information content (AvgIpc) is 1.98. The third kappa shape index (κ3) is 5.03. The highest BCUT2D eigenvalue weighted by molar-refractivity contribution is 5.80. The van der Waals surface area contributed by atoms with Crippen LogP contribution < -0.4 is 5.32 Å². The molecule has 0 bridgehead atoms. The Balaban J connectivity index is 3.61. The first-order chi connectivity index (χ1) is 5.57. The van der Waals surface area contributed by atoms with Crippen LogP contribution in [0.25, 0.3) is 0 Å². The average molecular weight is 179 g/mol. The summed E-state index contributed by atoms with van der Waals surface area (Å²) in [6.07, 6.45) is -3.59. The highest BCUT2D eigenvalue weighted by Crippen LogP contribution is 1.94. The van der Waals surface area contributed by atoms with Crippen LogP contribution in [0.3, 0.4) is 0 Å². The van der Waals surface area contributed by atoms with E-state index < -0.39 is 24.7 Å². The van der Waals surface area contributed by atoms with Gasteiger partial charge in [-0.25, -0.2) is 0 Å². The molecule has 6 nitrogen and oxygen atoms in total. The van der Waals surface area contributed by atoms with Crippen LogP contribution in [0.2, 0.25) is 0 Å². The van der Waals surface area contributed by atoms with Crippen LogP contribution in [0.5, 0.6) is 0 Å². The summed E-state index contributed by atoms with van der Waals surface area (Å²) in [5.41, 5.74) is 0. The lowest BCUT2D eigenvalue weighted by Crippen LogP contribution is -2.38. The predicted octanol–water partition coefficient (Wildman–Crippen LogP) is -2.84. The molecular formula is C6H13NO5. The van der Waals surface area contributed by atoms with Gasteiger partial charge in [-0.05, 0) is 0 Å². The molecule has 0 aromatic rings. The van der Waals surface area contributed by atoms with Gasteiger partial charge < -0.3 is 25.7 Å². The molecule has 12 heavy (non-hydrogen) atoms. The Morgan fingerprint density at radius 1 is 1.33 bits per heavy atom. The van der Waals surface area contributed by atoms with Crippen LogP contribution >= 0.6 is 0 Å². The number of carbonyl (C=O) groups is 1. The molecule has 1 amide bonds. The molecule has 0 fully saturated rings. The number of aliphatic hydroxyl groups excluding tert-OH is 3. The zero-order chi connectivity index (χ0) is 9.56. The van der Waals surface area contributed by atoms with Gasteiger partial charge in [0, 0.05) is 13.0 Å². The van der Waals surface area contributed by atoms with Crippen molar-refractivity contribution < 1.29 is 25.2 Å². The van der Waals surface area contributed by atoms with Gasteiger partial charge in [-0.3, -0.25) is 4.79 Å². The summed E-state index contributed by atoms with van der Waals surface area (Å²) in [6.45, 7) is -0.183. The fourth-order valence-corrected chi connectivity index (χ4v) is 0.604. The molecule has 0 spiro atoms. The first-order valence-corrected chi connectivity index (χ1v) is 3.50.